The first-order valence-corrected chi connectivity index (χ1v) is 12.2. The fourth-order valence-electron chi connectivity index (χ4n) is 8.88. The Morgan fingerprint density at radius 1 is 1.07 bits per heavy atom. The largest absolute Gasteiger partial charge is 0.391 e. The normalized spacial score (nSPS) is 49.2. The average Bonchev–Trinajstić information content (AvgIpc) is 3.24. The Balaban J connectivity index is 1.34. The third-order valence-electron chi connectivity index (χ3n) is 10.5. The van der Waals surface area contributed by atoms with Crippen LogP contribution in [-0.2, 0) is 6.54 Å². The van der Waals surface area contributed by atoms with Crippen LogP contribution < -0.4 is 0 Å². The first kappa shape index (κ1) is 20.9. The van der Waals surface area contributed by atoms with Crippen molar-refractivity contribution in [3.8, 4) is 0 Å². The lowest BCUT2D eigenvalue weighted by Crippen LogP contribution is -2.56. The van der Waals surface area contributed by atoms with E-state index in [4.69, 9.17) is 0 Å². The number of aliphatic hydroxyl groups is 2. The minimum atomic E-state index is -0.477. The Labute approximate surface area is 180 Å². The van der Waals surface area contributed by atoms with Gasteiger partial charge in [0, 0.05) is 6.54 Å². The van der Waals surface area contributed by atoms with Crippen molar-refractivity contribution in [1.82, 2.24) is 9.55 Å². The molecule has 4 aliphatic carbocycles. The van der Waals surface area contributed by atoms with E-state index < -0.39 is 17.7 Å². The third kappa shape index (κ3) is 3.18. The molecule has 4 saturated carbocycles. The predicted octanol–water partition coefficient (Wildman–Crippen LogP) is 4.79. The molecule has 5 rings (SSSR count). The zero-order chi connectivity index (χ0) is 21.3. The number of hydrogen-bond donors (Lipinski definition) is 2. The number of nitrogens with zero attached hydrogens (tertiary/aromatic N) is 2. The van der Waals surface area contributed by atoms with Crippen molar-refractivity contribution in [3.05, 3.63) is 18.5 Å². The molecule has 2 unspecified atom stereocenters. The number of fused-ring (bicyclic) bond motifs is 5. The summed E-state index contributed by atoms with van der Waals surface area (Å²) < 4.78 is 15.0. The van der Waals surface area contributed by atoms with Gasteiger partial charge in [-0.3, -0.25) is 0 Å². The van der Waals surface area contributed by atoms with Crippen LogP contribution in [0.5, 0.6) is 0 Å². The van der Waals surface area contributed by atoms with E-state index in [-0.39, 0.29) is 11.3 Å². The molecular formula is C25H39FN2O2. The summed E-state index contributed by atoms with van der Waals surface area (Å²) in [5.41, 5.74) is 0.0795. The number of imidazole rings is 1. The van der Waals surface area contributed by atoms with Gasteiger partial charge in [0.15, 0.2) is 0 Å². The highest BCUT2D eigenvalue weighted by Crippen LogP contribution is 2.68. The third-order valence-corrected chi connectivity index (χ3v) is 10.5. The molecule has 168 valence electrons. The van der Waals surface area contributed by atoms with Crippen molar-refractivity contribution < 1.29 is 14.6 Å². The molecule has 5 heteroatoms. The molecular weight excluding hydrogens is 379 g/mol. The number of halogens is 1. The van der Waals surface area contributed by atoms with Crippen molar-refractivity contribution in [2.24, 2.45) is 40.4 Å². The molecule has 0 saturated heterocycles. The number of aromatic nitrogens is 2. The fraction of sp³-hybridized carbons (Fsp3) is 0.880. The second-order valence-corrected chi connectivity index (χ2v) is 12.0. The molecule has 1 aromatic rings. The quantitative estimate of drug-likeness (QED) is 0.742. The van der Waals surface area contributed by atoms with E-state index in [0.717, 1.165) is 37.5 Å². The molecule has 4 nitrogen and oxygen atoms in total. The van der Waals surface area contributed by atoms with E-state index in [2.05, 4.69) is 18.8 Å². The number of aliphatic hydroxyl groups excluding tert-OH is 1. The predicted molar refractivity (Wildman–Crippen MR) is 114 cm³/mol. The minimum absolute atomic E-state index is 0.184. The van der Waals surface area contributed by atoms with Crippen LogP contribution in [-0.4, -0.2) is 31.5 Å². The van der Waals surface area contributed by atoms with Gasteiger partial charge in [-0.25, -0.2) is 4.98 Å². The smallest absolute Gasteiger partial charge is 0.230 e. The second kappa shape index (κ2) is 7.03. The first-order valence-electron chi connectivity index (χ1n) is 12.2. The molecule has 0 spiro atoms. The molecule has 0 aliphatic heterocycles. The molecule has 0 bridgehead atoms. The van der Waals surface area contributed by atoms with Gasteiger partial charge in [-0.05, 0) is 105 Å². The van der Waals surface area contributed by atoms with Crippen molar-refractivity contribution in [3.63, 3.8) is 0 Å². The van der Waals surface area contributed by atoms with E-state index >= 15 is 0 Å². The Bertz CT molecular complexity index is 794. The van der Waals surface area contributed by atoms with Gasteiger partial charge in [0.25, 0.3) is 0 Å². The lowest BCUT2D eigenvalue weighted by atomic mass is 9.44. The molecule has 30 heavy (non-hydrogen) atoms. The van der Waals surface area contributed by atoms with Crippen LogP contribution in [0, 0.1) is 46.4 Å². The van der Waals surface area contributed by atoms with Crippen LogP contribution in [0.2, 0.25) is 0 Å². The molecule has 2 N–H and O–H groups in total. The molecule has 9 atom stereocenters. The van der Waals surface area contributed by atoms with Crippen LogP contribution in [0.25, 0.3) is 0 Å². The number of hydrogen-bond acceptors (Lipinski definition) is 3. The summed E-state index contributed by atoms with van der Waals surface area (Å²) in [6.45, 7) is 7.43. The highest BCUT2D eigenvalue weighted by atomic mass is 19.1. The molecule has 4 aliphatic rings. The SMILES string of the molecule is C[C@@]1(O)CC[C@@]2(C)[C@@H](CCC3[C@@H]2CC[C@]2(C)[C@@H](C(O)Cn4cnc(F)c4)CC[C@@H]32)C1. The molecule has 0 amide bonds. The topological polar surface area (TPSA) is 58.3 Å². The van der Waals surface area contributed by atoms with Crippen molar-refractivity contribution in [1.29, 1.82) is 0 Å². The Hall–Kier alpha value is -0.940. The van der Waals surface area contributed by atoms with E-state index in [0.29, 0.717) is 23.8 Å². The van der Waals surface area contributed by atoms with E-state index in [1.807, 2.05) is 6.92 Å². The van der Waals surface area contributed by atoms with Crippen molar-refractivity contribution in [2.75, 3.05) is 0 Å². The van der Waals surface area contributed by atoms with Gasteiger partial charge in [0.05, 0.1) is 24.2 Å². The van der Waals surface area contributed by atoms with Crippen LogP contribution in [0.1, 0.15) is 78.6 Å². The van der Waals surface area contributed by atoms with Crippen molar-refractivity contribution >= 4 is 0 Å². The summed E-state index contributed by atoms with van der Waals surface area (Å²) >= 11 is 0. The van der Waals surface area contributed by atoms with Crippen LogP contribution in [0.15, 0.2) is 12.5 Å². The summed E-state index contributed by atoms with van der Waals surface area (Å²) in [5.74, 6) is 2.68. The highest BCUT2D eigenvalue weighted by Gasteiger charge is 2.61. The van der Waals surface area contributed by atoms with Crippen LogP contribution in [0.4, 0.5) is 4.39 Å². The number of rotatable bonds is 3. The zero-order valence-corrected chi connectivity index (χ0v) is 18.9. The van der Waals surface area contributed by atoms with Gasteiger partial charge in [-0.1, -0.05) is 13.8 Å². The standard InChI is InChI=1S/C25H39FN2O2/c1-23(30)10-11-24(2)16(12-23)4-5-17-18-6-7-20(25(18,3)9-8-19(17)24)21(29)13-28-14-22(26)27-15-28/h14-21,29-30H,4-13H2,1-3H3/t16-,17?,18-,19-,20+,21?,23+,24-,25-/m0/s1. The summed E-state index contributed by atoms with van der Waals surface area (Å²) in [4.78, 5) is 3.67. The molecule has 0 radical (unpaired) electrons. The van der Waals surface area contributed by atoms with Gasteiger partial charge in [-0.15, -0.1) is 0 Å². The van der Waals surface area contributed by atoms with E-state index in [1.165, 1.54) is 44.6 Å². The maximum Gasteiger partial charge on any atom is 0.230 e. The summed E-state index contributed by atoms with van der Waals surface area (Å²) in [5, 5.41) is 21.8. The summed E-state index contributed by atoms with van der Waals surface area (Å²) in [6.07, 6.45) is 12.8. The van der Waals surface area contributed by atoms with E-state index in [1.54, 1.807) is 4.57 Å². The maximum absolute atomic E-state index is 13.3. The van der Waals surface area contributed by atoms with Gasteiger partial charge in [0.2, 0.25) is 5.95 Å². The molecule has 4 fully saturated rings. The zero-order valence-electron chi connectivity index (χ0n) is 18.9. The van der Waals surface area contributed by atoms with Crippen molar-refractivity contribution in [2.45, 2.75) is 96.8 Å². The monoisotopic (exact) mass is 418 g/mol. The van der Waals surface area contributed by atoms with E-state index in [9.17, 15) is 14.6 Å². The highest BCUT2D eigenvalue weighted by molar-refractivity contribution is 5.11. The van der Waals surface area contributed by atoms with Gasteiger partial charge in [0.1, 0.15) is 0 Å². The van der Waals surface area contributed by atoms with Crippen LogP contribution >= 0.6 is 0 Å². The average molecular weight is 419 g/mol. The summed E-state index contributed by atoms with van der Waals surface area (Å²) in [6, 6.07) is 0. The molecule has 1 aromatic heterocycles. The lowest BCUT2D eigenvalue weighted by molar-refractivity contribution is -0.150. The Kier molecular flexibility index (Phi) is 4.91. The van der Waals surface area contributed by atoms with Crippen LogP contribution in [0.3, 0.4) is 0 Å². The lowest BCUT2D eigenvalue weighted by Gasteiger charge is -2.62. The fourth-order valence-corrected chi connectivity index (χ4v) is 8.88. The second-order valence-electron chi connectivity index (χ2n) is 12.0. The first-order chi connectivity index (χ1) is 14.1. The van der Waals surface area contributed by atoms with Gasteiger partial charge < -0.3 is 14.8 Å². The van der Waals surface area contributed by atoms with Gasteiger partial charge in [-0.2, -0.15) is 4.39 Å². The Morgan fingerprint density at radius 2 is 1.83 bits per heavy atom. The molecule has 0 aromatic carbocycles. The minimum Gasteiger partial charge on any atom is -0.391 e. The molecule has 1 heterocycles. The summed E-state index contributed by atoms with van der Waals surface area (Å²) in [7, 11) is 0. The van der Waals surface area contributed by atoms with Gasteiger partial charge >= 0.3 is 0 Å². The Morgan fingerprint density at radius 3 is 2.57 bits per heavy atom. The maximum atomic E-state index is 13.3.